The molecule has 2 rings (SSSR count). The lowest BCUT2D eigenvalue weighted by Gasteiger charge is -2.29. The zero-order valence-corrected chi connectivity index (χ0v) is 11.1. The van der Waals surface area contributed by atoms with Gasteiger partial charge in [0.1, 0.15) is 11.9 Å². The van der Waals surface area contributed by atoms with Crippen LogP contribution < -0.4 is 4.74 Å². The summed E-state index contributed by atoms with van der Waals surface area (Å²) in [6.07, 6.45) is -3.03. The normalized spacial score (nSPS) is 17.8. The number of ether oxygens (including phenoxy) is 1. The SMILES string of the molecule is CN1CCC(Oc2ccc(C#N)c(C(F)(F)F)c2)CC1. The van der Waals surface area contributed by atoms with E-state index in [1.807, 2.05) is 7.05 Å². The molecule has 0 saturated carbocycles. The number of piperidine rings is 1. The summed E-state index contributed by atoms with van der Waals surface area (Å²) in [5.41, 5.74) is -1.32. The van der Waals surface area contributed by atoms with Gasteiger partial charge in [0.25, 0.3) is 0 Å². The lowest BCUT2D eigenvalue weighted by atomic mass is 10.1. The highest BCUT2D eigenvalue weighted by Gasteiger charge is 2.34. The Morgan fingerprint density at radius 2 is 1.95 bits per heavy atom. The fourth-order valence-electron chi connectivity index (χ4n) is 2.22. The number of hydrogen-bond acceptors (Lipinski definition) is 3. The highest BCUT2D eigenvalue weighted by molar-refractivity contribution is 5.44. The van der Waals surface area contributed by atoms with Crippen LogP contribution in [-0.4, -0.2) is 31.1 Å². The van der Waals surface area contributed by atoms with Gasteiger partial charge in [0, 0.05) is 13.1 Å². The number of halogens is 3. The predicted octanol–water partition coefficient (Wildman–Crippen LogP) is 3.05. The molecule has 0 unspecified atom stereocenters. The number of alkyl halides is 3. The predicted molar refractivity (Wildman–Crippen MR) is 67.3 cm³/mol. The van der Waals surface area contributed by atoms with Gasteiger partial charge >= 0.3 is 6.18 Å². The molecule has 0 amide bonds. The van der Waals surface area contributed by atoms with Crippen molar-refractivity contribution in [3.8, 4) is 11.8 Å². The topological polar surface area (TPSA) is 36.3 Å². The third kappa shape index (κ3) is 3.42. The van der Waals surface area contributed by atoms with Crippen molar-refractivity contribution in [3.05, 3.63) is 29.3 Å². The summed E-state index contributed by atoms with van der Waals surface area (Å²) in [7, 11) is 2.00. The van der Waals surface area contributed by atoms with Crippen molar-refractivity contribution in [2.45, 2.75) is 25.1 Å². The van der Waals surface area contributed by atoms with Crippen molar-refractivity contribution in [1.29, 1.82) is 5.26 Å². The van der Waals surface area contributed by atoms with Crippen LogP contribution in [0.15, 0.2) is 18.2 Å². The van der Waals surface area contributed by atoms with Crippen molar-refractivity contribution < 1.29 is 17.9 Å². The largest absolute Gasteiger partial charge is 0.490 e. The summed E-state index contributed by atoms with van der Waals surface area (Å²) in [6, 6.07) is 5.05. The summed E-state index contributed by atoms with van der Waals surface area (Å²) >= 11 is 0. The van der Waals surface area contributed by atoms with Crippen molar-refractivity contribution >= 4 is 0 Å². The van der Waals surface area contributed by atoms with Gasteiger partial charge < -0.3 is 9.64 Å². The van der Waals surface area contributed by atoms with Gasteiger partial charge in [0.05, 0.1) is 17.2 Å². The minimum atomic E-state index is -4.54. The highest BCUT2D eigenvalue weighted by Crippen LogP contribution is 2.34. The van der Waals surface area contributed by atoms with E-state index in [0.717, 1.165) is 38.1 Å². The van der Waals surface area contributed by atoms with Gasteiger partial charge in [-0.25, -0.2) is 0 Å². The molecule has 0 atom stereocenters. The first-order chi connectivity index (χ1) is 9.40. The molecule has 1 aliphatic heterocycles. The molecule has 20 heavy (non-hydrogen) atoms. The van der Waals surface area contributed by atoms with Crippen LogP contribution >= 0.6 is 0 Å². The number of rotatable bonds is 2. The Labute approximate surface area is 115 Å². The summed E-state index contributed by atoms with van der Waals surface area (Å²) in [4.78, 5) is 2.15. The number of nitriles is 1. The van der Waals surface area contributed by atoms with Crippen LogP contribution in [0.1, 0.15) is 24.0 Å². The van der Waals surface area contributed by atoms with Gasteiger partial charge in [-0.1, -0.05) is 0 Å². The van der Waals surface area contributed by atoms with Crippen molar-refractivity contribution in [3.63, 3.8) is 0 Å². The quantitative estimate of drug-likeness (QED) is 0.837. The van der Waals surface area contributed by atoms with Gasteiger partial charge in [-0.05, 0) is 38.1 Å². The molecule has 0 spiro atoms. The molecule has 0 bridgehead atoms. The van der Waals surface area contributed by atoms with Crippen LogP contribution in [0, 0.1) is 11.3 Å². The molecular formula is C14H15F3N2O. The molecule has 1 fully saturated rings. The zero-order valence-electron chi connectivity index (χ0n) is 11.1. The van der Waals surface area contributed by atoms with E-state index >= 15 is 0 Å². The van der Waals surface area contributed by atoms with E-state index in [-0.39, 0.29) is 17.4 Å². The molecule has 0 N–H and O–H groups in total. The van der Waals surface area contributed by atoms with Crippen LogP contribution in [0.25, 0.3) is 0 Å². The summed E-state index contributed by atoms with van der Waals surface area (Å²) in [6.45, 7) is 1.74. The summed E-state index contributed by atoms with van der Waals surface area (Å²) in [5.74, 6) is 0.172. The van der Waals surface area contributed by atoms with E-state index in [1.165, 1.54) is 6.07 Å². The van der Waals surface area contributed by atoms with Crippen molar-refractivity contribution in [1.82, 2.24) is 4.90 Å². The molecule has 1 saturated heterocycles. The molecule has 1 aliphatic rings. The van der Waals surface area contributed by atoms with E-state index in [9.17, 15) is 13.2 Å². The number of benzene rings is 1. The fourth-order valence-corrected chi connectivity index (χ4v) is 2.22. The van der Waals surface area contributed by atoms with Crippen molar-refractivity contribution in [2.24, 2.45) is 0 Å². The minimum absolute atomic E-state index is 0.0692. The van der Waals surface area contributed by atoms with Crippen LogP contribution in [-0.2, 0) is 6.18 Å². The van der Waals surface area contributed by atoms with Gasteiger partial charge in [0.2, 0.25) is 0 Å². The Hall–Kier alpha value is -1.74. The lowest BCUT2D eigenvalue weighted by molar-refractivity contribution is -0.137. The van der Waals surface area contributed by atoms with Gasteiger partial charge in [-0.2, -0.15) is 18.4 Å². The second-order valence-corrected chi connectivity index (χ2v) is 4.94. The molecule has 1 heterocycles. The minimum Gasteiger partial charge on any atom is -0.490 e. The van der Waals surface area contributed by atoms with E-state index in [4.69, 9.17) is 10.00 Å². The first-order valence-electron chi connectivity index (χ1n) is 6.36. The van der Waals surface area contributed by atoms with Gasteiger partial charge in [-0.3, -0.25) is 0 Å². The average molecular weight is 284 g/mol. The average Bonchev–Trinajstić information content (AvgIpc) is 2.40. The Morgan fingerprint density at radius 3 is 2.50 bits per heavy atom. The molecular weight excluding hydrogens is 269 g/mol. The maximum absolute atomic E-state index is 12.8. The molecule has 108 valence electrons. The third-order valence-corrected chi connectivity index (χ3v) is 3.39. The molecule has 1 aromatic rings. The molecule has 0 aliphatic carbocycles. The van der Waals surface area contributed by atoms with Gasteiger partial charge in [-0.15, -0.1) is 0 Å². The smallest absolute Gasteiger partial charge is 0.417 e. The van der Waals surface area contributed by atoms with E-state index in [2.05, 4.69) is 4.90 Å². The van der Waals surface area contributed by atoms with Crippen LogP contribution in [0.2, 0.25) is 0 Å². The Balaban J connectivity index is 2.15. The lowest BCUT2D eigenvalue weighted by Crippen LogP contribution is -2.35. The first-order valence-corrected chi connectivity index (χ1v) is 6.36. The highest BCUT2D eigenvalue weighted by atomic mass is 19.4. The van der Waals surface area contributed by atoms with Crippen LogP contribution in [0.4, 0.5) is 13.2 Å². The summed E-state index contributed by atoms with van der Waals surface area (Å²) < 4.78 is 44.1. The molecule has 1 aromatic carbocycles. The van der Waals surface area contributed by atoms with E-state index in [0.29, 0.717) is 0 Å². The third-order valence-electron chi connectivity index (χ3n) is 3.39. The second-order valence-electron chi connectivity index (χ2n) is 4.94. The number of nitrogens with zero attached hydrogens (tertiary/aromatic N) is 2. The van der Waals surface area contributed by atoms with Crippen LogP contribution in [0.3, 0.4) is 0 Å². The van der Waals surface area contributed by atoms with E-state index in [1.54, 1.807) is 6.07 Å². The van der Waals surface area contributed by atoms with E-state index < -0.39 is 11.7 Å². The standard InChI is InChI=1S/C14H15F3N2O/c1-19-6-4-11(5-7-19)20-12-3-2-10(9-18)13(8-12)14(15,16)17/h2-3,8,11H,4-7H2,1H3. The Kier molecular flexibility index (Phi) is 4.19. The Morgan fingerprint density at radius 1 is 1.30 bits per heavy atom. The van der Waals surface area contributed by atoms with Gasteiger partial charge in [0.15, 0.2) is 0 Å². The fraction of sp³-hybridized carbons (Fsp3) is 0.500. The zero-order chi connectivity index (χ0) is 14.8. The Bertz CT molecular complexity index is 514. The maximum atomic E-state index is 12.8. The van der Waals surface area contributed by atoms with Crippen molar-refractivity contribution in [2.75, 3.05) is 20.1 Å². The number of hydrogen-bond donors (Lipinski definition) is 0. The maximum Gasteiger partial charge on any atom is 0.417 e. The molecule has 3 nitrogen and oxygen atoms in total. The molecule has 6 heteroatoms. The van der Waals surface area contributed by atoms with Crippen LogP contribution in [0.5, 0.6) is 5.75 Å². The molecule has 0 aromatic heterocycles. The molecule has 0 radical (unpaired) electrons. The first kappa shape index (κ1) is 14.7. The second kappa shape index (κ2) is 5.71. The summed E-state index contributed by atoms with van der Waals surface area (Å²) in [5, 5.41) is 8.73. The number of likely N-dealkylation sites (tertiary alicyclic amines) is 1. The monoisotopic (exact) mass is 284 g/mol.